The molecule has 1 saturated heterocycles. The molecule has 0 aliphatic carbocycles. The Morgan fingerprint density at radius 3 is 2.59 bits per heavy atom. The normalized spacial score (nSPS) is 18.4. The molecule has 0 N–H and O–H groups in total. The minimum absolute atomic E-state index is 0.996. The Bertz CT molecular complexity index is 310. The fourth-order valence-electron chi connectivity index (χ4n) is 2.22. The second-order valence-corrected chi connectivity index (χ2v) is 5.00. The lowest BCUT2D eigenvalue weighted by molar-refractivity contribution is 0.127. The van der Waals surface area contributed by atoms with Crippen molar-refractivity contribution >= 4 is 12.6 Å². The summed E-state index contributed by atoms with van der Waals surface area (Å²) in [6.07, 6.45) is 5.00. The molecule has 1 fully saturated rings. The minimum Gasteiger partial charge on any atom is -0.301 e. The monoisotopic (exact) mass is 251 g/mol. The van der Waals surface area contributed by atoms with Crippen molar-refractivity contribution in [3.05, 3.63) is 30.1 Å². The molecule has 94 valence electrons. The SMILES string of the molecule is SCCCN1CCN(Cc2cccnc2)CC1. The zero-order valence-electron chi connectivity index (χ0n) is 10.3. The molecule has 0 spiro atoms. The quantitative estimate of drug-likeness (QED) is 0.801. The Morgan fingerprint density at radius 2 is 1.94 bits per heavy atom. The van der Waals surface area contributed by atoms with Gasteiger partial charge in [-0.15, -0.1) is 0 Å². The van der Waals surface area contributed by atoms with Crippen LogP contribution in [0.1, 0.15) is 12.0 Å². The zero-order valence-corrected chi connectivity index (χ0v) is 11.1. The molecule has 4 heteroatoms. The van der Waals surface area contributed by atoms with Gasteiger partial charge in [0.1, 0.15) is 0 Å². The van der Waals surface area contributed by atoms with Crippen LogP contribution in [0.3, 0.4) is 0 Å². The van der Waals surface area contributed by atoms with Crippen LogP contribution in [0.5, 0.6) is 0 Å². The predicted octanol–water partition coefficient (Wildman–Crippen LogP) is 1.52. The molecular weight excluding hydrogens is 230 g/mol. The molecule has 1 aliphatic heterocycles. The van der Waals surface area contributed by atoms with E-state index in [4.69, 9.17) is 0 Å². The summed E-state index contributed by atoms with van der Waals surface area (Å²) in [6, 6.07) is 4.17. The van der Waals surface area contributed by atoms with Crippen LogP contribution in [-0.2, 0) is 6.54 Å². The van der Waals surface area contributed by atoms with Gasteiger partial charge in [-0.3, -0.25) is 9.88 Å². The average molecular weight is 251 g/mol. The van der Waals surface area contributed by atoms with Gasteiger partial charge in [-0.25, -0.2) is 0 Å². The highest BCUT2D eigenvalue weighted by Gasteiger charge is 2.16. The third-order valence-electron chi connectivity index (χ3n) is 3.23. The van der Waals surface area contributed by atoms with Gasteiger partial charge < -0.3 is 4.90 Å². The molecule has 0 aromatic carbocycles. The summed E-state index contributed by atoms with van der Waals surface area (Å²) in [5, 5.41) is 0. The van der Waals surface area contributed by atoms with E-state index in [1.165, 1.54) is 44.7 Å². The van der Waals surface area contributed by atoms with Crippen molar-refractivity contribution in [2.75, 3.05) is 38.5 Å². The topological polar surface area (TPSA) is 19.4 Å². The second kappa shape index (κ2) is 6.99. The van der Waals surface area contributed by atoms with Gasteiger partial charge in [-0.1, -0.05) is 6.07 Å². The number of pyridine rings is 1. The van der Waals surface area contributed by atoms with Gasteiger partial charge in [0, 0.05) is 45.1 Å². The number of hydrogen-bond acceptors (Lipinski definition) is 4. The first-order valence-corrected chi connectivity index (χ1v) is 6.96. The van der Waals surface area contributed by atoms with Crippen molar-refractivity contribution in [2.24, 2.45) is 0 Å². The van der Waals surface area contributed by atoms with Gasteiger partial charge >= 0.3 is 0 Å². The van der Waals surface area contributed by atoms with Crippen molar-refractivity contribution < 1.29 is 0 Å². The molecule has 17 heavy (non-hydrogen) atoms. The highest BCUT2D eigenvalue weighted by molar-refractivity contribution is 7.80. The molecule has 0 radical (unpaired) electrons. The lowest BCUT2D eigenvalue weighted by Gasteiger charge is -2.34. The Morgan fingerprint density at radius 1 is 1.18 bits per heavy atom. The number of hydrogen-bond donors (Lipinski definition) is 1. The Kier molecular flexibility index (Phi) is 5.29. The van der Waals surface area contributed by atoms with E-state index in [9.17, 15) is 0 Å². The van der Waals surface area contributed by atoms with Crippen LogP contribution in [0.15, 0.2) is 24.5 Å². The molecule has 1 aromatic rings. The molecule has 3 nitrogen and oxygen atoms in total. The van der Waals surface area contributed by atoms with E-state index in [1.807, 2.05) is 18.5 Å². The van der Waals surface area contributed by atoms with E-state index in [-0.39, 0.29) is 0 Å². The summed E-state index contributed by atoms with van der Waals surface area (Å²) in [5.74, 6) is 0.996. The molecular formula is C13H21N3S. The highest BCUT2D eigenvalue weighted by Crippen LogP contribution is 2.07. The fourth-order valence-corrected chi connectivity index (χ4v) is 2.36. The van der Waals surface area contributed by atoms with Gasteiger partial charge in [-0.2, -0.15) is 12.6 Å². The van der Waals surface area contributed by atoms with Crippen LogP contribution < -0.4 is 0 Å². The first-order chi connectivity index (χ1) is 8.38. The third kappa shape index (κ3) is 4.30. The van der Waals surface area contributed by atoms with Crippen LogP contribution in [0.2, 0.25) is 0 Å². The molecule has 0 unspecified atom stereocenters. The van der Waals surface area contributed by atoms with E-state index < -0.39 is 0 Å². The summed E-state index contributed by atoms with van der Waals surface area (Å²) < 4.78 is 0. The van der Waals surface area contributed by atoms with Crippen molar-refractivity contribution in [3.8, 4) is 0 Å². The Balaban J connectivity index is 1.72. The van der Waals surface area contributed by atoms with E-state index >= 15 is 0 Å². The number of aromatic nitrogens is 1. The van der Waals surface area contributed by atoms with Crippen molar-refractivity contribution in [3.63, 3.8) is 0 Å². The maximum atomic E-state index is 4.26. The van der Waals surface area contributed by atoms with Crippen LogP contribution in [0, 0.1) is 0 Å². The predicted molar refractivity (Wildman–Crippen MR) is 74.4 cm³/mol. The average Bonchev–Trinajstić information content (AvgIpc) is 2.39. The van der Waals surface area contributed by atoms with Crippen LogP contribution >= 0.6 is 12.6 Å². The lowest BCUT2D eigenvalue weighted by atomic mass is 10.2. The third-order valence-corrected chi connectivity index (χ3v) is 3.54. The summed E-state index contributed by atoms with van der Waals surface area (Å²) in [5.41, 5.74) is 1.32. The van der Waals surface area contributed by atoms with E-state index in [1.54, 1.807) is 0 Å². The Labute approximate surface area is 109 Å². The molecule has 0 bridgehead atoms. The van der Waals surface area contributed by atoms with Gasteiger partial charge in [0.05, 0.1) is 0 Å². The van der Waals surface area contributed by atoms with Crippen LogP contribution in [0.4, 0.5) is 0 Å². The summed E-state index contributed by atoms with van der Waals surface area (Å²) in [7, 11) is 0. The standard InChI is InChI=1S/C13H21N3S/c17-10-2-5-15-6-8-16(9-7-15)12-13-3-1-4-14-11-13/h1,3-4,11,17H,2,5-10,12H2. The number of nitrogens with zero attached hydrogens (tertiary/aromatic N) is 3. The number of rotatable bonds is 5. The second-order valence-electron chi connectivity index (χ2n) is 4.56. The largest absolute Gasteiger partial charge is 0.301 e. The first kappa shape index (κ1) is 12.9. The summed E-state index contributed by atoms with van der Waals surface area (Å²) >= 11 is 4.26. The van der Waals surface area contributed by atoms with Crippen LogP contribution in [-0.4, -0.2) is 53.3 Å². The maximum absolute atomic E-state index is 4.26. The summed E-state index contributed by atoms with van der Waals surface area (Å²) in [4.78, 5) is 9.21. The molecule has 1 aliphatic rings. The summed E-state index contributed by atoms with van der Waals surface area (Å²) in [6.45, 7) is 6.95. The zero-order chi connectivity index (χ0) is 11.9. The smallest absolute Gasteiger partial charge is 0.0312 e. The van der Waals surface area contributed by atoms with Gasteiger partial charge in [0.2, 0.25) is 0 Å². The van der Waals surface area contributed by atoms with Gasteiger partial charge in [-0.05, 0) is 30.3 Å². The number of piperazine rings is 1. The molecule has 2 rings (SSSR count). The van der Waals surface area contributed by atoms with Crippen molar-refractivity contribution in [1.82, 2.24) is 14.8 Å². The molecule has 1 aromatic heterocycles. The van der Waals surface area contributed by atoms with Crippen molar-refractivity contribution in [1.29, 1.82) is 0 Å². The fraction of sp³-hybridized carbons (Fsp3) is 0.615. The minimum atomic E-state index is 0.996. The lowest BCUT2D eigenvalue weighted by Crippen LogP contribution is -2.46. The van der Waals surface area contributed by atoms with Crippen molar-refractivity contribution in [2.45, 2.75) is 13.0 Å². The van der Waals surface area contributed by atoms with E-state index in [0.717, 1.165) is 12.3 Å². The van der Waals surface area contributed by atoms with E-state index in [2.05, 4.69) is 33.5 Å². The molecule has 2 heterocycles. The van der Waals surface area contributed by atoms with Crippen LogP contribution in [0.25, 0.3) is 0 Å². The van der Waals surface area contributed by atoms with E-state index in [0.29, 0.717) is 0 Å². The van der Waals surface area contributed by atoms with Gasteiger partial charge in [0.15, 0.2) is 0 Å². The Hall–Kier alpha value is -0.580. The molecule has 0 atom stereocenters. The molecule has 0 amide bonds. The highest BCUT2D eigenvalue weighted by atomic mass is 32.1. The maximum Gasteiger partial charge on any atom is 0.0312 e. The van der Waals surface area contributed by atoms with Gasteiger partial charge in [0.25, 0.3) is 0 Å². The molecule has 0 saturated carbocycles. The number of thiol groups is 1. The first-order valence-electron chi connectivity index (χ1n) is 6.33.